The molecule has 1 fully saturated rings. The molecule has 0 aromatic heterocycles. The second-order valence-electron chi connectivity index (χ2n) is 6.31. The number of aryl methyl sites for hydroxylation is 2. The van der Waals surface area contributed by atoms with Gasteiger partial charge in [-0.1, -0.05) is 50.3 Å². The van der Waals surface area contributed by atoms with Gasteiger partial charge in [0.25, 0.3) is 0 Å². The minimum absolute atomic E-state index is 0.0225. The second-order valence-corrected chi connectivity index (χ2v) is 6.72. The van der Waals surface area contributed by atoms with Crippen LogP contribution in [0.3, 0.4) is 0 Å². The fourth-order valence-electron chi connectivity index (χ4n) is 3.16. The van der Waals surface area contributed by atoms with E-state index in [9.17, 15) is 4.79 Å². The van der Waals surface area contributed by atoms with E-state index in [1.165, 1.54) is 32.1 Å². The third-order valence-corrected chi connectivity index (χ3v) is 4.68. The number of hydrogen-bond acceptors (Lipinski definition) is 2. The molecule has 1 saturated carbocycles. The van der Waals surface area contributed by atoms with Gasteiger partial charge in [0.2, 0.25) is 5.91 Å². The molecule has 0 atom stereocenters. The monoisotopic (exact) mass is 318 g/mol. The molecule has 22 heavy (non-hydrogen) atoms. The average molecular weight is 318 g/mol. The molecule has 0 aliphatic heterocycles. The summed E-state index contributed by atoms with van der Waals surface area (Å²) in [5.74, 6) is 0.744. The number of nitrogens with one attached hydrogen (secondary N) is 2. The van der Waals surface area contributed by atoms with Crippen LogP contribution in [0, 0.1) is 19.8 Å². The summed E-state index contributed by atoms with van der Waals surface area (Å²) in [6.45, 7) is 4.06. The van der Waals surface area contributed by atoms with Crippen molar-refractivity contribution in [1.82, 2.24) is 5.32 Å². The highest BCUT2D eigenvalue weighted by atomic mass is 32.1. The molecular formula is C18H26N2OS. The summed E-state index contributed by atoms with van der Waals surface area (Å²) in [6, 6.07) is 6.08. The van der Waals surface area contributed by atoms with Crippen LogP contribution < -0.4 is 10.6 Å². The zero-order chi connectivity index (χ0) is 15.9. The first-order chi connectivity index (χ1) is 10.6. The van der Waals surface area contributed by atoms with Crippen molar-refractivity contribution in [1.29, 1.82) is 0 Å². The number of rotatable bonds is 4. The molecule has 2 rings (SSSR count). The summed E-state index contributed by atoms with van der Waals surface area (Å²) in [6.07, 6.45) is 8.10. The normalized spacial score (nSPS) is 15.4. The molecule has 0 spiro atoms. The quantitative estimate of drug-likeness (QED) is 0.804. The standard InChI is InChI=1S/C18H26N2OS/c1-13-7-6-8-14(2)17(13)20-18(22)19-16(21)12-11-15-9-4-3-5-10-15/h6-8,15H,3-5,9-12H2,1-2H3,(H2,19,20,21,22). The Morgan fingerprint density at radius 1 is 1.18 bits per heavy atom. The lowest BCUT2D eigenvalue weighted by Crippen LogP contribution is -2.34. The van der Waals surface area contributed by atoms with E-state index in [0.717, 1.165) is 29.2 Å². The number of carbonyl (C=O) groups is 1. The third-order valence-electron chi connectivity index (χ3n) is 4.48. The third kappa shape index (κ3) is 5.09. The molecule has 1 aromatic rings. The molecule has 0 bridgehead atoms. The van der Waals surface area contributed by atoms with E-state index < -0.39 is 0 Å². The Hall–Kier alpha value is -1.42. The Balaban J connectivity index is 1.77. The summed E-state index contributed by atoms with van der Waals surface area (Å²) >= 11 is 5.26. The first-order valence-electron chi connectivity index (χ1n) is 8.23. The van der Waals surface area contributed by atoms with E-state index in [1.54, 1.807) is 0 Å². The lowest BCUT2D eigenvalue weighted by molar-refractivity contribution is -0.120. The largest absolute Gasteiger partial charge is 0.332 e. The molecule has 120 valence electrons. The van der Waals surface area contributed by atoms with Gasteiger partial charge < -0.3 is 10.6 Å². The fourth-order valence-corrected chi connectivity index (χ4v) is 3.37. The van der Waals surface area contributed by atoms with Crippen LogP contribution in [0.1, 0.15) is 56.1 Å². The highest BCUT2D eigenvalue weighted by molar-refractivity contribution is 7.80. The molecule has 1 aromatic carbocycles. The first-order valence-corrected chi connectivity index (χ1v) is 8.64. The first kappa shape index (κ1) is 16.9. The lowest BCUT2D eigenvalue weighted by atomic mass is 9.86. The van der Waals surface area contributed by atoms with E-state index >= 15 is 0 Å². The predicted octanol–water partition coefficient (Wildman–Crippen LogP) is 4.48. The van der Waals surface area contributed by atoms with E-state index in [0.29, 0.717) is 11.5 Å². The highest BCUT2D eigenvalue weighted by Crippen LogP contribution is 2.27. The molecule has 0 heterocycles. The Morgan fingerprint density at radius 2 is 1.82 bits per heavy atom. The van der Waals surface area contributed by atoms with Gasteiger partial charge in [0.1, 0.15) is 0 Å². The summed E-state index contributed by atoms with van der Waals surface area (Å²) in [5.41, 5.74) is 3.23. The summed E-state index contributed by atoms with van der Waals surface area (Å²) in [7, 11) is 0. The maximum atomic E-state index is 12.0. The maximum Gasteiger partial charge on any atom is 0.226 e. The lowest BCUT2D eigenvalue weighted by Gasteiger charge is -2.21. The molecule has 0 unspecified atom stereocenters. The Labute approximate surface area is 138 Å². The summed E-state index contributed by atoms with van der Waals surface area (Å²) in [5, 5.41) is 6.35. The van der Waals surface area contributed by atoms with Crippen molar-refractivity contribution >= 4 is 28.9 Å². The average Bonchev–Trinajstić information content (AvgIpc) is 2.50. The smallest absolute Gasteiger partial charge is 0.226 e. The molecule has 1 amide bonds. The SMILES string of the molecule is Cc1cccc(C)c1NC(=S)NC(=O)CCC1CCCCC1. The molecule has 1 aliphatic rings. The number of carbonyl (C=O) groups excluding carboxylic acids is 1. The number of amides is 1. The molecule has 4 heteroatoms. The summed E-state index contributed by atoms with van der Waals surface area (Å²) in [4.78, 5) is 12.0. The Kier molecular flexibility index (Phi) is 6.37. The van der Waals surface area contributed by atoms with Gasteiger partial charge >= 0.3 is 0 Å². The van der Waals surface area contributed by atoms with Gasteiger partial charge in [-0.15, -0.1) is 0 Å². The zero-order valence-corrected chi connectivity index (χ0v) is 14.4. The molecule has 0 saturated heterocycles. The van der Waals surface area contributed by atoms with Gasteiger partial charge in [-0.05, 0) is 49.5 Å². The van der Waals surface area contributed by atoms with Gasteiger partial charge in [-0.25, -0.2) is 0 Å². The van der Waals surface area contributed by atoms with Crippen LogP contribution in [0.4, 0.5) is 5.69 Å². The number of para-hydroxylation sites is 1. The van der Waals surface area contributed by atoms with Gasteiger partial charge in [-0.2, -0.15) is 0 Å². The fraction of sp³-hybridized carbons (Fsp3) is 0.556. The molecule has 2 N–H and O–H groups in total. The van der Waals surface area contributed by atoms with Crippen LogP contribution in [-0.2, 0) is 4.79 Å². The van der Waals surface area contributed by atoms with Crippen LogP contribution in [0.5, 0.6) is 0 Å². The maximum absolute atomic E-state index is 12.0. The van der Waals surface area contributed by atoms with E-state index in [1.807, 2.05) is 32.0 Å². The predicted molar refractivity (Wildman–Crippen MR) is 96.1 cm³/mol. The van der Waals surface area contributed by atoms with Crippen molar-refractivity contribution in [2.75, 3.05) is 5.32 Å². The van der Waals surface area contributed by atoms with Crippen molar-refractivity contribution in [3.63, 3.8) is 0 Å². The molecule has 0 radical (unpaired) electrons. The van der Waals surface area contributed by atoms with Crippen molar-refractivity contribution in [2.45, 2.75) is 58.8 Å². The van der Waals surface area contributed by atoms with Crippen LogP contribution in [0.2, 0.25) is 0 Å². The van der Waals surface area contributed by atoms with Crippen molar-refractivity contribution in [3.05, 3.63) is 29.3 Å². The Bertz CT molecular complexity index is 516. The van der Waals surface area contributed by atoms with E-state index in [-0.39, 0.29) is 5.91 Å². The molecule has 3 nitrogen and oxygen atoms in total. The van der Waals surface area contributed by atoms with Crippen LogP contribution in [-0.4, -0.2) is 11.0 Å². The minimum Gasteiger partial charge on any atom is -0.332 e. The number of benzene rings is 1. The zero-order valence-electron chi connectivity index (χ0n) is 13.6. The summed E-state index contributed by atoms with van der Waals surface area (Å²) < 4.78 is 0. The van der Waals surface area contributed by atoms with Crippen LogP contribution >= 0.6 is 12.2 Å². The molecule has 1 aliphatic carbocycles. The van der Waals surface area contributed by atoms with Gasteiger partial charge in [0.15, 0.2) is 5.11 Å². The van der Waals surface area contributed by atoms with Crippen LogP contribution in [0.25, 0.3) is 0 Å². The van der Waals surface area contributed by atoms with Gasteiger partial charge in [0, 0.05) is 12.1 Å². The topological polar surface area (TPSA) is 41.1 Å². The highest BCUT2D eigenvalue weighted by Gasteiger charge is 2.15. The minimum atomic E-state index is 0.0225. The van der Waals surface area contributed by atoms with Gasteiger partial charge in [0.05, 0.1) is 0 Å². The number of thiocarbonyl (C=S) groups is 1. The second kappa shape index (κ2) is 8.28. The van der Waals surface area contributed by atoms with Crippen molar-refractivity contribution in [3.8, 4) is 0 Å². The molecular weight excluding hydrogens is 292 g/mol. The van der Waals surface area contributed by atoms with Crippen molar-refractivity contribution < 1.29 is 4.79 Å². The number of hydrogen-bond donors (Lipinski definition) is 2. The van der Waals surface area contributed by atoms with Crippen LogP contribution in [0.15, 0.2) is 18.2 Å². The Morgan fingerprint density at radius 3 is 2.45 bits per heavy atom. The van der Waals surface area contributed by atoms with Crippen molar-refractivity contribution in [2.24, 2.45) is 5.92 Å². The van der Waals surface area contributed by atoms with Gasteiger partial charge in [-0.3, -0.25) is 4.79 Å². The van der Waals surface area contributed by atoms with E-state index in [4.69, 9.17) is 12.2 Å². The number of anilines is 1. The van der Waals surface area contributed by atoms with E-state index in [2.05, 4.69) is 10.6 Å².